The van der Waals surface area contributed by atoms with Crippen LogP contribution in [0.5, 0.6) is 5.75 Å². The molecule has 1 fully saturated rings. The third-order valence-corrected chi connectivity index (χ3v) is 5.25. The van der Waals surface area contributed by atoms with Gasteiger partial charge in [-0.15, -0.1) is 0 Å². The Labute approximate surface area is 163 Å². The number of carbonyl (C=O) groups excluding carboxylic acids is 1. The van der Waals surface area contributed by atoms with Gasteiger partial charge < -0.3 is 15.0 Å². The molecular formula is C19H13N3O3S2. The molecule has 2 aromatic carbocycles. The summed E-state index contributed by atoms with van der Waals surface area (Å²) in [6, 6.07) is 11.3. The second kappa shape index (κ2) is 6.98. The van der Waals surface area contributed by atoms with Gasteiger partial charge in [-0.1, -0.05) is 36.1 Å². The van der Waals surface area contributed by atoms with Crippen LogP contribution in [-0.2, 0) is 4.79 Å². The number of nitrogens with zero attached hydrogens (tertiary/aromatic N) is 1. The minimum Gasteiger partial charge on any atom is -0.496 e. The van der Waals surface area contributed by atoms with Crippen molar-refractivity contribution < 1.29 is 9.53 Å². The van der Waals surface area contributed by atoms with Gasteiger partial charge in [-0.3, -0.25) is 4.79 Å². The molecule has 1 aliphatic rings. The third-order valence-electron chi connectivity index (χ3n) is 4.09. The van der Waals surface area contributed by atoms with Crippen LogP contribution in [-0.4, -0.2) is 27.3 Å². The molecule has 6 nitrogen and oxygen atoms in total. The van der Waals surface area contributed by atoms with E-state index in [1.54, 1.807) is 13.2 Å². The number of hydrogen-bond acceptors (Lipinski definition) is 6. The first-order valence-corrected chi connectivity index (χ1v) is 9.18. The molecule has 1 aliphatic heterocycles. The molecule has 4 rings (SSSR count). The predicted molar refractivity (Wildman–Crippen MR) is 111 cm³/mol. The number of ether oxygens (including phenoxy) is 1. The fourth-order valence-electron chi connectivity index (χ4n) is 2.84. The number of nitrogens with one attached hydrogen (secondary N) is 2. The maximum absolute atomic E-state index is 11.9. The summed E-state index contributed by atoms with van der Waals surface area (Å²) in [6.07, 6.45) is 3.33. The van der Waals surface area contributed by atoms with Crippen LogP contribution in [0.25, 0.3) is 28.1 Å². The Morgan fingerprint density at radius 1 is 1.19 bits per heavy atom. The number of methoxy groups -OCH3 is 1. The van der Waals surface area contributed by atoms with E-state index in [0.717, 1.165) is 22.1 Å². The fraction of sp³-hybridized carbons (Fsp3) is 0.0526. The maximum atomic E-state index is 11.9. The van der Waals surface area contributed by atoms with E-state index in [2.05, 4.69) is 15.3 Å². The number of aromatic amines is 1. The SMILES string of the molecule is COc1ccc(/C=C2\SC(=S)NC2=O)cc1-c1ccc2[nH]c(=O)ncc2c1. The molecule has 2 N–H and O–H groups in total. The minimum atomic E-state index is -0.383. The van der Waals surface area contributed by atoms with Gasteiger partial charge in [0.2, 0.25) is 0 Å². The molecular weight excluding hydrogens is 382 g/mol. The van der Waals surface area contributed by atoms with Crippen LogP contribution in [0.4, 0.5) is 0 Å². The Bertz CT molecular complexity index is 1180. The van der Waals surface area contributed by atoms with E-state index in [1.165, 1.54) is 18.0 Å². The number of H-pyrrole nitrogens is 1. The third kappa shape index (κ3) is 3.49. The average Bonchev–Trinajstić information content (AvgIpc) is 2.98. The van der Waals surface area contributed by atoms with Crippen molar-refractivity contribution in [2.75, 3.05) is 7.11 Å². The molecule has 1 amide bonds. The Kier molecular flexibility index (Phi) is 4.51. The van der Waals surface area contributed by atoms with Crippen molar-refractivity contribution in [1.29, 1.82) is 0 Å². The highest BCUT2D eigenvalue weighted by Gasteiger charge is 2.22. The summed E-state index contributed by atoms with van der Waals surface area (Å²) in [4.78, 5) is 30.3. The van der Waals surface area contributed by atoms with Crippen molar-refractivity contribution >= 4 is 51.2 Å². The average molecular weight is 395 g/mol. The lowest BCUT2D eigenvalue weighted by molar-refractivity contribution is -0.115. The van der Waals surface area contributed by atoms with E-state index >= 15 is 0 Å². The smallest absolute Gasteiger partial charge is 0.345 e. The van der Waals surface area contributed by atoms with Crippen molar-refractivity contribution in [2.45, 2.75) is 0 Å². The first kappa shape index (κ1) is 17.4. The van der Waals surface area contributed by atoms with Crippen LogP contribution in [0.2, 0.25) is 0 Å². The van der Waals surface area contributed by atoms with Gasteiger partial charge >= 0.3 is 5.69 Å². The van der Waals surface area contributed by atoms with Crippen LogP contribution in [0.1, 0.15) is 5.56 Å². The molecule has 0 radical (unpaired) electrons. The topological polar surface area (TPSA) is 84.1 Å². The number of thioether (sulfide) groups is 1. The number of aromatic nitrogens is 2. The van der Waals surface area contributed by atoms with Gasteiger partial charge in [-0.05, 0) is 41.5 Å². The zero-order valence-electron chi connectivity index (χ0n) is 14.1. The first-order chi connectivity index (χ1) is 13.0. The Morgan fingerprint density at radius 3 is 2.78 bits per heavy atom. The van der Waals surface area contributed by atoms with E-state index in [4.69, 9.17) is 17.0 Å². The lowest BCUT2D eigenvalue weighted by Crippen LogP contribution is -2.17. The molecule has 0 saturated carbocycles. The van der Waals surface area contributed by atoms with Gasteiger partial charge in [0.15, 0.2) is 0 Å². The minimum absolute atomic E-state index is 0.192. The normalized spacial score (nSPS) is 15.4. The Hall–Kier alpha value is -2.97. The van der Waals surface area contributed by atoms with Crippen molar-refractivity contribution in [2.24, 2.45) is 0 Å². The van der Waals surface area contributed by atoms with Crippen LogP contribution in [0.3, 0.4) is 0 Å². The lowest BCUT2D eigenvalue weighted by Gasteiger charge is -2.11. The summed E-state index contributed by atoms with van der Waals surface area (Å²) in [5, 5.41) is 3.42. The van der Waals surface area contributed by atoms with Crippen molar-refractivity contribution in [1.82, 2.24) is 15.3 Å². The molecule has 3 aromatic rings. The van der Waals surface area contributed by atoms with Gasteiger partial charge in [0, 0.05) is 17.1 Å². The summed E-state index contributed by atoms with van der Waals surface area (Å²) >= 11 is 6.27. The molecule has 1 saturated heterocycles. The van der Waals surface area contributed by atoms with E-state index in [-0.39, 0.29) is 11.6 Å². The molecule has 2 heterocycles. The number of benzene rings is 2. The van der Waals surface area contributed by atoms with Gasteiger partial charge in [0.25, 0.3) is 5.91 Å². The molecule has 0 aliphatic carbocycles. The Morgan fingerprint density at radius 2 is 2.04 bits per heavy atom. The Balaban J connectivity index is 1.81. The summed E-state index contributed by atoms with van der Waals surface area (Å²) in [5.74, 6) is 0.510. The van der Waals surface area contributed by atoms with Gasteiger partial charge in [0.05, 0.1) is 17.5 Å². The number of thiocarbonyl (C=S) groups is 1. The zero-order valence-corrected chi connectivity index (χ0v) is 15.7. The van der Waals surface area contributed by atoms with E-state index < -0.39 is 0 Å². The standard InChI is InChI=1S/C19H13N3O3S2/c1-25-15-5-2-10(7-16-17(23)22-19(26)27-16)6-13(15)11-3-4-14-12(8-11)9-20-18(24)21-14/h2-9H,1H3,(H,20,21,24)(H,22,23,26)/b16-7-. The molecule has 0 atom stereocenters. The highest BCUT2D eigenvalue weighted by atomic mass is 32.2. The van der Waals surface area contributed by atoms with Crippen LogP contribution in [0.15, 0.2) is 52.3 Å². The number of fused-ring (bicyclic) bond motifs is 1. The van der Waals surface area contributed by atoms with Crippen LogP contribution >= 0.6 is 24.0 Å². The van der Waals surface area contributed by atoms with Gasteiger partial charge in [-0.2, -0.15) is 0 Å². The van der Waals surface area contributed by atoms with Crippen molar-refractivity contribution in [3.05, 3.63) is 63.5 Å². The van der Waals surface area contributed by atoms with Crippen LogP contribution in [0, 0.1) is 0 Å². The zero-order chi connectivity index (χ0) is 19.0. The fourth-order valence-corrected chi connectivity index (χ4v) is 3.88. The number of rotatable bonds is 3. The second-order valence-electron chi connectivity index (χ2n) is 5.80. The van der Waals surface area contributed by atoms with E-state index in [1.807, 2.05) is 36.4 Å². The van der Waals surface area contributed by atoms with Crippen molar-refractivity contribution in [3.8, 4) is 16.9 Å². The van der Waals surface area contributed by atoms with Gasteiger partial charge in [0.1, 0.15) is 10.1 Å². The molecule has 0 unspecified atom stereocenters. The maximum Gasteiger partial charge on any atom is 0.345 e. The monoisotopic (exact) mass is 395 g/mol. The molecule has 1 aromatic heterocycles. The summed E-state index contributed by atoms with van der Waals surface area (Å²) in [7, 11) is 1.61. The lowest BCUT2D eigenvalue weighted by atomic mass is 10.00. The predicted octanol–water partition coefficient (Wildman–Crippen LogP) is 3.09. The number of hydrogen-bond donors (Lipinski definition) is 2. The van der Waals surface area contributed by atoms with Crippen LogP contribution < -0.4 is 15.7 Å². The summed E-state index contributed by atoms with van der Waals surface area (Å²) < 4.78 is 5.95. The van der Waals surface area contributed by atoms with E-state index in [0.29, 0.717) is 20.5 Å². The quantitative estimate of drug-likeness (QED) is 0.524. The molecule has 0 bridgehead atoms. The highest BCUT2D eigenvalue weighted by molar-refractivity contribution is 8.26. The molecule has 8 heteroatoms. The second-order valence-corrected chi connectivity index (χ2v) is 7.52. The van der Waals surface area contributed by atoms with Gasteiger partial charge in [-0.25, -0.2) is 9.78 Å². The highest BCUT2D eigenvalue weighted by Crippen LogP contribution is 2.34. The molecule has 0 spiro atoms. The molecule has 27 heavy (non-hydrogen) atoms. The largest absolute Gasteiger partial charge is 0.496 e. The first-order valence-electron chi connectivity index (χ1n) is 7.96. The van der Waals surface area contributed by atoms with Crippen molar-refractivity contribution in [3.63, 3.8) is 0 Å². The number of amides is 1. The molecule has 134 valence electrons. The van der Waals surface area contributed by atoms with E-state index in [9.17, 15) is 9.59 Å². The summed E-state index contributed by atoms with van der Waals surface area (Å²) in [5.41, 5.74) is 2.96. The number of carbonyl (C=O) groups is 1. The summed E-state index contributed by atoms with van der Waals surface area (Å²) in [6.45, 7) is 0.